The summed E-state index contributed by atoms with van der Waals surface area (Å²) in [4.78, 5) is 40.4. The Kier molecular flexibility index (Phi) is 5.10. The molecule has 2 saturated heterocycles. The number of piperazine rings is 1. The van der Waals surface area contributed by atoms with Crippen molar-refractivity contribution in [1.29, 1.82) is 0 Å². The van der Waals surface area contributed by atoms with Gasteiger partial charge in [0.05, 0.1) is 18.2 Å². The minimum absolute atomic E-state index is 0.115. The fourth-order valence-electron chi connectivity index (χ4n) is 3.68. The van der Waals surface area contributed by atoms with Crippen molar-refractivity contribution in [3.05, 3.63) is 23.9 Å². The molecule has 0 aliphatic carbocycles. The molecule has 0 bridgehead atoms. The van der Waals surface area contributed by atoms with Gasteiger partial charge < -0.3 is 14.7 Å². The summed E-state index contributed by atoms with van der Waals surface area (Å²) in [5, 5.41) is 9.98. The molecular weight excluding hydrogens is 362 g/mol. The molecule has 3 heterocycles. The van der Waals surface area contributed by atoms with Crippen LogP contribution >= 0.6 is 0 Å². The van der Waals surface area contributed by atoms with Crippen LogP contribution in [0.1, 0.15) is 24.5 Å². The number of nitrogens with one attached hydrogen (secondary N) is 2. The molecule has 148 valence electrons. The Bertz CT molecular complexity index is 916. The van der Waals surface area contributed by atoms with Crippen LogP contribution in [0.15, 0.2) is 22.7 Å². The van der Waals surface area contributed by atoms with Gasteiger partial charge in [-0.3, -0.25) is 24.6 Å². The first kappa shape index (κ1) is 18.6. The SMILES string of the molecule is CN1CCN(CC(=O)Nc2cccc3c(C4CCC(=O)NC4=O)noc23)CC1. The number of amides is 3. The summed E-state index contributed by atoms with van der Waals surface area (Å²) in [5.41, 5.74) is 1.46. The number of para-hydroxylation sites is 1. The van der Waals surface area contributed by atoms with Gasteiger partial charge in [0, 0.05) is 38.0 Å². The van der Waals surface area contributed by atoms with Gasteiger partial charge in [-0.15, -0.1) is 0 Å². The number of fused-ring (bicyclic) bond motifs is 1. The smallest absolute Gasteiger partial charge is 0.238 e. The van der Waals surface area contributed by atoms with Crippen molar-refractivity contribution in [2.24, 2.45) is 0 Å². The zero-order chi connectivity index (χ0) is 19.7. The van der Waals surface area contributed by atoms with E-state index in [2.05, 4.69) is 32.6 Å². The Morgan fingerprint density at radius 1 is 1.29 bits per heavy atom. The lowest BCUT2D eigenvalue weighted by Gasteiger charge is -2.31. The van der Waals surface area contributed by atoms with E-state index in [1.807, 2.05) is 0 Å². The lowest BCUT2D eigenvalue weighted by Crippen LogP contribution is -2.47. The number of benzene rings is 1. The van der Waals surface area contributed by atoms with E-state index in [0.717, 1.165) is 26.2 Å². The van der Waals surface area contributed by atoms with Crippen molar-refractivity contribution in [2.45, 2.75) is 18.8 Å². The number of hydrogen-bond donors (Lipinski definition) is 2. The van der Waals surface area contributed by atoms with E-state index in [1.165, 1.54) is 0 Å². The number of rotatable bonds is 4. The van der Waals surface area contributed by atoms with E-state index in [1.54, 1.807) is 18.2 Å². The molecule has 2 aliphatic rings. The zero-order valence-corrected chi connectivity index (χ0v) is 15.7. The van der Waals surface area contributed by atoms with E-state index < -0.39 is 5.92 Å². The number of piperidine rings is 1. The second kappa shape index (κ2) is 7.69. The molecular formula is C19H23N5O4. The average molecular weight is 385 g/mol. The Morgan fingerprint density at radius 3 is 2.82 bits per heavy atom. The minimum atomic E-state index is -0.532. The Hall–Kier alpha value is -2.78. The zero-order valence-electron chi connectivity index (χ0n) is 15.7. The standard InChI is InChI=1S/C19H23N5O4/c1-23-7-9-24(10-8-23)11-16(26)20-14-4-2-3-12-17(22-28-18(12)14)13-5-6-15(25)21-19(13)27/h2-4,13H,5-11H2,1H3,(H,20,26)(H,21,25,27). The van der Waals surface area contributed by atoms with Gasteiger partial charge in [0.1, 0.15) is 5.69 Å². The fourth-order valence-corrected chi connectivity index (χ4v) is 3.68. The molecule has 3 amide bonds. The summed E-state index contributed by atoms with van der Waals surface area (Å²) in [7, 11) is 2.07. The maximum absolute atomic E-state index is 12.5. The van der Waals surface area contributed by atoms with Gasteiger partial charge in [-0.1, -0.05) is 11.2 Å². The van der Waals surface area contributed by atoms with Gasteiger partial charge in [-0.05, 0) is 25.6 Å². The minimum Gasteiger partial charge on any atom is -0.354 e. The van der Waals surface area contributed by atoms with Crippen molar-refractivity contribution in [3.8, 4) is 0 Å². The molecule has 0 radical (unpaired) electrons. The molecule has 4 rings (SSSR count). The first-order chi connectivity index (χ1) is 13.5. The van der Waals surface area contributed by atoms with E-state index in [0.29, 0.717) is 35.3 Å². The molecule has 2 aliphatic heterocycles. The van der Waals surface area contributed by atoms with Crippen LogP contribution in [0.25, 0.3) is 11.0 Å². The molecule has 9 nitrogen and oxygen atoms in total. The quantitative estimate of drug-likeness (QED) is 0.740. The number of hydrogen-bond acceptors (Lipinski definition) is 7. The largest absolute Gasteiger partial charge is 0.354 e. The number of anilines is 1. The summed E-state index contributed by atoms with van der Waals surface area (Å²) < 4.78 is 5.46. The predicted molar refractivity (Wildman–Crippen MR) is 102 cm³/mol. The molecule has 0 spiro atoms. The maximum atomic E-state index is 12.5. The van der Waals surface area contributed by atoms with Gasteiger partial charge in [-0.2, -0.15) is 0 Å². The molecule has 2 N–H and O–H groups in total. The normalized spacial score (nSPS) is 21.7. The van der Waals surface area contributed by atoms with Gasteiger partial charge >= 0.3 is 0 Å². The first-order valence-electron chi connectivity index (χ1n) is 9.44. The second-order valence-electron chi connectivity index (χ2n) is 7.38. The van der Waals surface area contributed by atoms with Gasteiger partial charge in [0.25, 0.3) is 0 Å². The Balaban J connectivity index is 1.49. The molecule has 0 saturated carbocycles. The molecule has 1 aromatic heterocycles. The second-order valence-corrected chi connectivity index (χ2v) is 7.38. The number of imide groups is 1. The summed E-state index contributed by atoms with van der Waals surface area (Å²) >= 11 is 0. The first-order valence-corrected chi connectivity index (χ1v) is 9.44. The molecule has 1 atom stereocenters. The molecule has 1 unspecified atom stereocenters. The van der Waals surface area contributed by atoms with E-state index in [4.69, 9.17) is 4.52 Å². The third-order valence-corrected chi connectivity index (χ3v) is 5.33. The molecule has 2 aromatic rings. The van der Waals surface area contributed by atoms with E-state index in [9.17, 15) is 14.4 Å². The van der Waals surface area contributed by atoms with Crippen LogP contribution in [-0.2, 0) is 14.4 Å². The summed E-state index contributed by atoms with van der Waals surface area (Å²) in [6.07, 6.45) is 0.665. The summed E-state index contributed by atoms with van der Waals surface area (Å²) in [6, 6.07) is 5.35. The number of carbonyl (C=O) groups is 3. The van der Waals surface area contributed by atoms with Gasteiger partial charge in [0.15, 0.2) is 5.58 Å². The average Bonchev–Trinajstić information content (AvgIpc) is 3.09. The molecule has 1 aromatic carbocycles. The summed E-state index contributed by atoms with van der Waals surface area (Å²) in [5.74, 6) is -1.28. The van der Waals surface area contributed by atoms with Crippen LogP contribution in [-0.4, -0.2) is 72.4 Å². The van der Waals surface area contributed by atoms with Crippen molar-refractivity contribution in [2.75, 3.05) is 45.1 Å². The van der Waals surface area contributed by atoms with E-state index in [-0.39, 0.29) is 24.1 Å². The predicted octanol–water partition coefficient (Wildman–Crippen LogP) is 0.534. The van der Waals surface area contributed by atoms with Crippen molar-refractivity contribution >= 4 is 34.4 Å². The van der Waals surface area contributed by atoms with E-state index >= 15 is 0 Å². The highest BCUT2D eigenvalue weighted by Gasteiger charge is 2.32. The van der Waals surface area contributed by atoms with Gasteiger partial charge in [0.2, 0.25) is 17.7 Å². The lowest BCUT2D eigenvalue weighted by atomic mass is 9.93. The Labute approximate surface area is 162 Å². The highest BCUT2D eigenvalue weighted by atomic mass is 16.5. The maximum Gasteiger partial charge on any atom is 0.238 e. The molecule has 28 heavy (non-hydrogen) atoms. The fraction of sp³-hybridized carbons (Fsp3) is 0.474. The molecule has 9 heteroatoms. The number of carbonyl (C=O) groups excluding carboxylic acids is 3. The number of aromatic nitrogens is 1. The third-order valence-electron chi connectivity index (χ3n) is 5.33. The number of nitrogens with zero attached hydrogens (tertiary/aromatic N) is 3. The monoisotopic (exact) mass is 385 g/mol. The van der Waals surface area contributed by atoms with Gasteiger partial charge in [-0.25, -0.2) is 0 Å². The molecule has 2 fully saturated rings. The lowest BCUT2D eigenvalue weighted by molar-refractivity contribution is -0.134. The topological polar surface area (TPSA) is 108 Å². The highest BCUT2D eigenvalue weighted by molar-refractivity contribution is 6.04. The van der Waals surface area contributed by atoms with Crippen LogP contribution in [0.4, 0.5) is 5.69 Å². The van der Waals surface area contributed by atoms with Crippen LogP contribution in [0.2, 0.25) is 0 Å². The van der Waals surface area contributed by atoms with Crippen LogP contribution in [0.3, 0.4) is 0 Å². The van der Waals surface area contributed by atoms with Crippen molar-refractivity contribution in [3.63, 3.8) is 0 Å². The van der Waals surface area contributed by atoms with Crippen molar-refractivity contribution < 1.29 is 18.9 Å². The Morgan fingerprint density at radius 2 is 2.07 bits per heavy atom. The van der Waals surface area contributed by atoms with Crippen molar-refractivity contribution in [1.82, 2.24) is 20.3 Å². The van der Waals surface area contributed by atoms with Crippen LogP contribution < -0.4 is 10.6 Å². The summed E-state index contributed by atoms with van der Waals surface area (Å²) in [6.45, 7) is 3.92. The third kappa shape index (κ3) is 3.76. The van der Waals surface area contributed by atoms with Crippen LogP contribution in [0, 0.1) is 0 Å². The highest BCUT2D eigenvalue weighted by Crippen LogP contribution is 2.33. The van der Waals surface area contributed by atoms with Crippen LogP contribution in [0.5, 0.6) is 0 Å². The number of likely N-dealkylation sites (N-methyl/N-ethyl adjacent to an activating group) is 1.